The van der Waals surface area contributed by atoms with Gasteiger partial charge in [0.1, 0.15) is 6.10 Å². The molecule has 1 fully saturated rings. The maximum absolute atomic E-state index is 5.80. The molecule has 1 aliphatic rings. The lowest BCUT2D eigenvalue weighted by Gasteiger charge is -2.15. The highest BCUT2D eigenvalue weighted by Crippen LogP contribution is 2.15. The molecular weight excluding hydrogens is 188 g/mol. The molecule has 1 saturated heterocycles. The molecule has 0 radical (unpaired) electrons. The average Bonchev–Trinajstić information content (AvgIpc) is 3.06. The molecule has 90 valence electrons. The van der Waals surface area contributed by atoms with Crippen LogP contribution in [-0.2, 0) is 9.47 Å². The number of hydrogen-bond donors (Lipinski definition) is 0. The Morgan fingerprint density at radius 2 is 1.93 bits per heavy atom. The van der Waals surface area contributed by atoms with Gasteiger partial charge in [-0.1, -0.05) is 46.0 Å². The van der Waals surface area contributed by atoms with Crippen LogP contribution < -0.4 is 0 Å². The summed E-state index contributed by atoms with van der Waals surface area (Å²) in [4.78, 5) is 0. The number of hydrogen-bond acceptors (Lipinski definition) is 2. The van der Waals surface area contributed by atoms with Crippen LogP contribution in [0.5, 0.6) is 0 Å². The van der Waals surface area contributed by atoms with E-state index in [0.29, 0.717) is 12.2 Å². The zero-order valence-electron chi connectivity index (χ0n) is 10.3. The second-order valence-corrected chi connectivity index (χ2v) is 4.52. The van der Waals surface area contributed by atoms with Gasteiger partial charge < -0.3 is 9.47 Å². The largest absolute Gasteiger partial charge is 0.375 e. The Labute approximate surface area is 94.3 Å². The molecule has 0 bridgehead atoms. The first-order valence-corrected chi connectivity index (χ1v) is 6.60. The Kier molecular flexibility index (Phi) is 7.03. The van der Waals surface area contributed by atoms with Crippen molar-refractivity contribution in [3.63, 3.8) is 0 Å². The first kappa shape index (κ1) is 13.0. The molecule has 2 nitrogen and oxygen atoms in total. The third kappa shape index (κ3) is 6.91. The first-order valence-electron chi connectivity index (χ1n) is 6.60. The number of unbranched alkanes of at least 4 members (excludes halogenated alkanes) is 4. The topological polar surface area (TPSA) is 21.8 Å². The van der Waals surface area contributed by atoms with Crippen LogP contribution in [0.15, 0.2) is 0 Å². The van der Waals surface area contributed by atoms with Gasteiger partial charge in [-0.05, 0) is 12.8 Å². The van der Waals surface area contributed by atoms with E-state index < -0.39 is 0 Å². The lowest BCUT2D eigenvalue weighted by atomic mass is 10.1. The molecule has 0 amide bonds. The molecule has 0 N–H and O–H groups in total. The second kappa shape index (κ2) is 8.12. The standard InChI is InChI=1S/C13H26O2/c1-3-5-6-7-8-9-12(4-2)14-10-13-11-15-13/h12-13H,3-11H2,1-2H3. The van der Waals surface area contributed by atoms with Crippen LogP contribution in [0.4, 0.5) is 0 Å². The van der Waals surface area contributed by atoms with E-state index in [1.54, 1.807) is 0 Å². The maximum atomic E-state index is 5.80. The van der Waals surface area contributed by atoms with Gasteiger partial charge in [0.05, 0.1) is 19.3 Å². The van der Waals surface area contributed by atoms with Crippen molar-refractivity contribution < 1.29 is 9.47 Å². The van der Waals surface area contributed by atoms with Crippen molar-refractivity contribution in [2.24, 2.45) is 0 Å². The van der Waals surface area contributed by atoms with Crippen molar-refractivity contribution in [3.8, 4) is 0 Å². The molecule has 0 saturated carbocycles. The van der Waals surface area contributed by atoms with Gasteiger partial charge in [-0.25, -0.2) is 0 Å². The third-order valence-electron chi connectivity index (χ3n) is 3.01. The Morgan fingerprint density at radius 1 is 1.20 bits per heavy atom. The van der Waals surface area contributed by atoms with Crippen LogP contribution >= 0.6 is 0 Å². The molecule has 0 aliphatic carbocycles. The average molecular weight is 214 g/mol. The van der Waals surface area contributed by atoms with E-state index in [9.17, 15) is 0 Å². The van der Waals surface area contributed by atoms with Crippen molar-refractivity contribution in [2.75, 3.05) is 13.2 Å². The molecule has 15 heavy (non-hydrogen) atoms. The maximum Gasteiger partial charge on any atom is 0.104 e. The number of epoxide rings is 1. The molecule has 2 unspecified atom stereocenters. The summed E-state index contributed by atoms with van der Waals surface area (Å²) in [7, 11) is 0. The van der Waals surface area contributed by atoms with Gasteiger partial charge in [0, 0.05) is 0 Å². The molecule has 1 rings (SSSR count). The van der Waals surface area contributed by atoms with Crippen LogP contribution in [0.2, 0.25) is 0 Å². The Hall–Kier alpha value is -0.0800. The lowest BCUT2D eigenvalue weighted by molar-refractivity contribution is 0.0334. The predicted molar refractivity (Wildman–Crippen MR) is 63.1 cm³/mol. The minimum Gasteiger partial charge on any atom is -0.375 e. The summed E-state index contributed by atoms with van der Waals surface area (Å²) in [6.07, 6.45) is 10.0. The van der Waals surface area contributed by atoms with Crippen molar-refractivity contribution in [3.05, 3.63) is 0 Å². The zero-order chi connectivity index (χ0) is 10.9. The normalized spacial score (nSPS) is 21.6. The second-order valence-electron chi connectivity index (χ2n) is 4.52. The molecule has 1 aliphatic heterocycles. The van der Waals surface area contributed by atoms with E-state index in [1.165, 1.54) is 38.5 Å². The van der Waals surface area contributed by atoms with Crippen molar-refractivity contribution >= 4 is 0 Å². The molecule has 1 heterocycles. The Morgan fingerprint density at radius 3 is 2.53 bits per heavy atom. The summed E-state index contributed by atoms with van der Waals surface area (Å²) < 4.78 is 10.9. The highest BCUT2D eigenvalue weighted by Gasteiger charge is 2.23. The van der Waals surface area contributed by atoms with Crippen molar-refractivity contribution in [1.82, 2.24) is 0 Å². The minimum atomic E-state index is 0.416. The van der Waals surface area contributed by atoms with Crippen molar-refractivity contribution in [1.29, 1.82) is 0 Å². The molecule has 0 aromatic rings. The number of ether oxygens (including phenoxy) is 2. The third-order valence-corrected chi connectivity index (χ3v) is 3.01. The van der Waals surface area contributed by atoms with Gasteiger partial charge in [-0.2, -0.15) is 0 Å². The van der Waals surface area contributed by atoms with Crippen LogP contribution in [0.25, 0.3) is 0 Å². The highest BCUT2D eigenvalue weighted by atomic mass is 16.6. The molecule has 2 heteroatoms. The fourth-order valence-corrected chi connectivity index (χ4v) is 1.79. The summed E-state index contributed by atoms with van der Waals surface area (Å²) in [5.41, 5.74) is 0. The fraction of sp³-hybridized carbons (Fsp3) is 1.00. The summed E-state index contributed by atoms with van der Waals surface area (Å²) in [6.45, 7) is 6.19. The molecule has 0 aromatic heterocycles. The smallest absolute Gasteiger partial charge is 0.104 e. The Balaban J connectivity index is 1.90. The minimum absolute atomic E-state index is 0.416. The molecule has 0 aromatic carbocycles. The quantitative estimate of drug-likeness (QED) is 0.410. The fourth-order valence-electron chi connectivity index (χ4n) is 1.79. The lowest BCUT2D eigenvalue weighted by Crippen LogP contribution is -2.15. The predicted octanol–water partition coefficient (Wildman–Crippen LogP) is 3.54. The van der Waals surface area contributed by atoms with E-state index in [2.05, 4.69) is 13.8 Å². The molecule has 0 spiro atoms. The summed E-state index contributed by atoms with van der Waals surface area (Å²) >= 11 is 0. The van der Waals surface area contributed by atoms with Gasteiger partial charge in [0.25, 0.3) is 0 Å². The Bertz CT molecular complexity index is 143. The van der Waals surface area contributed by atoms with Crippen LogP contribution in [0, 0.1) is 0 Å². The van der Waals surface area contributed by atoms with Crippen LogP contribution in [0.1, 0.15) is 58.8 Å². The monoisotopic (exact) mass is 214 g/mol. The summed E-state index contributed by atoms with van der Waals surface area (Å²) in [5, 5.41) is 0. The van der Waals surface area contributed by atoms with E-state index in [1.807, 2.05) is 0 Å². The summed E-state index contributed by atoms with van der Waals surface area (Å²) in [6, 6.07) is 0. The van der Waals surface area contributed by atoms with E-state index in [-0.39, 0.29) is 0 Å². The van der Waals surface area contributed by atoms with Gasteiger partial charge in [0.2, 0.25) is 0 Å². The number of rotatable bonds is 10. The molecule has 2 atom stereocenters. The highest BCUT2D eigenvalue weighted by molar-refractivity contribution is 4.69. The van der Waals surface area contributed by atoms with Crippen molar-refractivity contribution in [2.45, 2.75) is 71.0 Å². The van der Waals surface area contributed by atoms with Gasteiger partial charge in [0.15, 0.2) is 0 Å². The summed E-state index contributed by atoms with van der Waals surface area (Å²) in [5.74, 6) is 0. The van der Waals surface area contributed by atoms with E-state index in [4.69, 9.17) is 9.47 Å². The van der Waals surface area contributed by atoms with Gasteiger partial charge in [-0.15, -0.1) is 0 Å². The zero-order valence-corrected chi connectivity index (χ0v) is 10.3. The van der Waals surface area contributed by atoms with Crippen LogP contribution in [0.3, 0.4) is 0 Å². The molecular formula is C13H26O2. The van der Waals surface area contributed by atoms with E-state index >= 15 is 0 Å². The van der Waals surface area contributed by atoms with Gasteiger partial charge in [-0.3, -0.25) is 0 Å². The van der Waals surface area contributed by atoms with Gasteiger partial charge >= 0.3 is 0 Å². The van der Waals surface area contributed by atoms with Crippen LogP contribution in [-0.4, -0.2) is 25.4 Å². The van der Waals surface area contributed by atoms with E-state index in [0.717, 1.165) is 19.6 Å². The SMILES string of the molecule is CCCCCCCC(CC)OCC1CO1. The first-order chi connectivity index (χ1) is 7.36.